The molecule has 96 valence electrons. The van der Waals surface area contributed by atoms with Crippen molar-refractivity contribution in [3.8, 4) is 6.07 Å². The molecule has 0 saturated heterocycles. The number of hydrogen-bond acceptors (Lipinski definition) is 4. The van der Waals surface area contributed by atoms with E-state index in [4.69, 9.17) is 11.0 Å². The fourth-order valence-electron chi connectivity index (χ4n) is 1.73. The summed E-state index contributed by atoms with van der Waals surface area (Å²) in [5, 5.41) is 11.8. The molecule has 0 spiro atoms. The van der Waals surface area contributed by atoms with E-state index in [1.54, 1.807) is 0 Å². The van der Waals surface area contributed by atoms with Gasteiger partial charge in [0.1, 0.15) is 0 Å². The van der Waals surface area contributed by atoms with E-state index in [9.17, 15) is 0 Å². The van der Waals surface area contributed by atoms with Crippen LogP contribution in [0.25, 0.3) is 0 Å². The Kier molecular flexibility index (Phi) is 5.06. The van der Waals surface area contributed by atoms with Crippen LogP contribution in [0.5, 0.6) is 0 Å². The van der Waals surface area contributed by atoms with Gasteiger partial charge in [0.25, 0.3) is 0 Å². The van der Waals surface area contributed by atoms with Crippen LogP contribution in [0, 0.1) is 11.3 Å². The molecule has 0 radical (unpaired) electrons. The van der Waals surface area contributed by atoms with E-state index in [1.807, 2.05) is 25.1 Å². The van der Waals surface area contributed by atoms with Crippen molar-refractivity contribution in [1.29, 1.82) is 5.26 Å². The summed E-state index contributed by atoms with van der Waals surface area (Å²) < 4.78 is 0. The highest BCUT2D eigenvalue weighted by Crippen LogP contribution is 2.26. The van der Waals surface area contributed by atoms with Gasteiger partial charge in [0.05, 0.1) is 23.9 Å². The highest BCUT2D eigenvalue weighted by Gasteiger charge is 2.07. The molecule has 18 heavy (non-hydrogen) atoms. The summed E-state index contributed by atoms with van der Waals surface area (Å²) in [7, 11) is 0. The van der Waals surface area contributed by atoms with Crippen LogP contribution in [0.4, 0.5) is 17.1 Å². The van der Waals surface area contributed by atoms with Crippen molar-refractivity contribution in [3.63, 3.8) is 0 Å². The van der Waals surface area contributed by atoms with Gasteiger partial charge in [-0.1, -0.05) is 6.58 Å². The molecule has 1 rings (SSSR count). The highest BCUT2D eigenvalue weighted by atomic mass is 15.1. The quantitative estimate of drug-likeness (QED) is 0.755. The molecule has 0 fully saturated rings. The first-order chi connectivity index (χ1) is 8.58. The second-order valence-electron chi connectivity index (χ2n) is 4.16. The number of nitrogen functional groups attached to an aromatic ring is 1. The van der Waals surface area contributed by atoms with Gasteiger partial charge in [-0.15, -0.1) is 0 Å². The van der Waals surface area contributed by atoms with E-state index in [0.717, 1.165) is 30.2 Å². The van der Waals surface area contributed by atoms with Crippen LogP contribution in [0.1, 0.15) is 20.3 Å². The van der Waals surface area contributed by atoms with Crippen LogP contribution in [0.2, 0.25) is 0 Å². The molecule has 0 aliphatic rings. The van der Waals surface area contributed by atoms with Crippen molar-refractivity contribution in [3.05, 3.63) is 30.5 Å². The lowest BCUT2D eigenvalue weighted by Crippen LogP contribution is -2.23. The van der Waals surface area contributed by atoms with Gasteiger partial charge in [0.15, 0.2) is 0 Å². The summed E-state index contributed by atoms with van der Waals surface area (Å²) >= 11 is 0. The van der Waals surface area contributed by atoms with Gasteiger partial charge in [-0.2, -0.15) is 5.26 Å². The van der Waals surface area contributed by atoms with E-state index in [2.05, 4.69) is 29.8 Å². The third-order valence-corrected chi connectivity index (χ3v) is 2.63. The van der Waals surface area contributed by atoms with E-state index < -0.39 is 0 Å². The van der Waals surface area contributed by atoms with Gasteiger partial charge in [0, 0.05) is 24.5 Å². The van der Waals surface area contributed by atoms with Crippen molar-refractivity contribution in [2.24, 2.45) is 0 Å². The van der Waals surface area contributed by atoms with Crippen LogP contribution in [0.15, 0.2) is 30.5 Å². The summed E-state index contributed by atoms with van der Waals surface area (Å²) in [6.45, 7) is 9.35. The molecular weight excluding hydrogens is 224 g/mol. The van der Waals surface area contributed by atoms with Gasteiger partial charge in [0.2, 0.25) is 0 Å². The summed E-state index contributed by atoms with van der Waals surface area (Å²) in [6.07, 6.45) is 0.515. The molecule has 0 bridgehead atoms. The lowest BCUT2D eigenvalue weighted by molar-refractivity contribution is 0.827. The number of allylic oxidation sites excluding steroid dienone is 1. The maximum absolute atomic E-state index is 8.65. The Morgan fingerprint density at radius 1 is 1.56 bits per heavy atom. The monoisotopic (exact) mass is 244 g/mol. The number of hydrogen-bond donors (Lipinski definition) is 2. The molecule has 3 N–H and O–H groups in total. The molecule has 0 saturated carbocycles. The maximum Gasteiger partial charge on any atom is 0.0640 e. The Labute approximate surface area is 109 Å². The third kappa shape index (κ3) is 3.70. The molecule has 0 amide bonds. The van der Waals surface area contributed by atoms with Crippen molar-refractivity contribution < 1.29 is 0 Å². The molecule has 1 aromatic carbocycles. The SMILES string of the molecule is C=C(C)Nc1cc(N(CC)CCC#N)ccc1N. The Morgan fingerprint density at radius 3 is 2.83 bits per heavy atom. The van der Waals surface area contributed by atoms with Crippen LogP contribution in [-0.2, 0) is 0 Å². The molecule has 0 aliphatic heterocycles. The lowest BCUT2D eigenvalue weighted by atomic mass is 10.2. The lowest BCUT2D eigenvalue weighted by Gasteiger charge is -2.23. The first-order valence-electron chi connectivity index (χ1n) is 6.02. The Morgan fingerprint density at radius 2 is 2.28 bits per heavy atom. The second kappa shape index (κ2) is 6.55. The van der Waals surface area contributed by atoms with Crippen LogP contribution in [-0.4, -0.2) is 13.1 Å². The molecule has 4 heteroatoms. The molecule has 0 unspecified atom stereocenters. The number of nitrogens with zero attached hydrogens (tertiary/aromatic N) is 2. The minimum atomic E-state index is 0.515. The Balaban J connectivity index is 2.95. The van der Waals surface area contributed by atoms with Crippen molar-refractivity contribution in [2.75, 3.05) is 29.0 Å². The van der Waals surface area contributed by atoms with Gasteiger partial charge >= 0.3 is 0 Å². The minimum absolute atomic E-state index is 0.515. The average molecular weight is 244 g/mol. The number of anilines is 3. The summed E-state index contributed by atoms with van der Waals surface area (Å²) in [5.74, 6) is 0. The number of benzene rings is 1. The molecule has 0 heterocycles. The summed E-state index contributed by atoms with van der Waals surface area (Å²) in [5.41, 5.74) is 9.36. The van der Waals surface area contributed by atoms with Gasteiger partial charge in [-0.25, -0.2) is 0 Å². The number of nitrogens with one attached hydrogen (secondary N) is 1. The molecule has 0 aromatic heterocycles. The zero-order valence-corrected chi connectivity index (χ0v) is 11.0. The Bertz CT molecular complexity index is 459. The fourth-order valence-corrected chi connectivity index (χ4v) is 1.73. The first-order valence-corrected chi connectivity index (χ1v) is 6.02. The molecular formula is C14H20N4. The van der Waals surface area contributed by atoms with E-state index in [0.29, 0.717) is 12.1 Å². The highest BCUT2D eigenvalue weighted by molar-refractivity contribution is 5.73. The van der Waals surface area contributed by atoms with Crippen molar-refractivity contribution >= 4 is 17.1 Å². The van der Waals surface area contributed by atoms with E-state index in [-0.39, 0.29) is 0 Å². The predicted octanol–water partition coefficient (Wildman–Crippen LogP) is 2.95. The molecule has 4 nitrogen and oxygen atoms in total. The predicted molar refractivity (Wildman–Crippen MR) is 77.4 cm³/mol. The topological polar surface area (TPSA) is 65.1 Å². The van der Waals surface area contributed by atoms with Gasteiger partial charge < -0.3 is 16.0 Å². The number of nitriles is 1. The fraction of sp³-hybridized carbons (Fsp3) is 0.357. The smallest absolute Gasteiger partial charge is 0.0640 e. The van der Waals surface area contributed by atoms with Crippen LogP contribution in [0.3, 0.4) is 0 Å². The largest absolute Gasteiger partial charge is 0.397 e. The molecule has 0 aliphatic carbocycles. The number of rotatable bonds is 6. The second-order valence-corrected chi connectivity index (χ2v) is 4.16. The van der Waals surface area contributed by atoms with Gasteiger partial charge in [-0.3, -0.25) is 0 Å². The van der Waals surface area contributed by atoms with Crippen molar-refractivity contribution in [2.45, 2.75) is 20.3 Å². The first kappa shape index (κ1) is 13.9. The minimum Gasteiger partial charge on any atom is -0.397 e. The number of nitrogens with two attached hydrogens (primary N) is 1. The average Bonchev–Trinajstić information content (AvgIpc) is 2.33. The summed E-state index contributed by atoms with van der Waals surface area (Å²) in [6, 6.07) is 8.00. The zero-order chi connectivity index (χ0) is 13.5. The Hall–Kier alpha value is -2.15. The standard InChI is InChI=1S/C14H20N4/c1-4-18(9-5-8-15)12-6-7-13(16)14(10-12)17-11(2)3/h6-7,10,17H,2,4-5,9,16H2,1,3H3. The van der Waals surface area contributed by atoms with E-state index >= 15 is 0 Å². The molecule has 0 atom stereocenters. The van der Waals surface area contributed by atoms with E-state index in [1.165, 1.54) is 0 Å². The van der Waals surface area contributed by atoms with Crippen molar-refractivity contribution in [1.82, 2.24) is 0 Å². The van der Waals surface area contributed by atoms with Gasteiger partial charge in [-0.05, 0) is 32.0 Å². The third-order valence-electron chi connectivity index (χ3n) is 2.63. The maximum atomic E-state index is 8.65. The summed E-state index contributed by atoms with van der Waals surface area (Å²) in [4.78, 5) is 2.15. The zero-order valence-electron chi connectivity index (χ0n) is 11.0. The van der Waals surface area contributed by atoms with Crippen LogP contribution >= 0.6 is 0 Å². The molecule has 1 aromatic rings. The van der Waals surface area contributed by atoms with Crippen LogP contribution < -0.4 is 16.0 Å². The normalized spacial score (nSPS) is 9.61.